The SMILES string of the molecule is C[C@H](CC/C=C/C(=O)O)[C@H](OC(=O)Nc1ccccc1)c1ccc(O)c(F)c1. The van der Waals surface area contributed by atoms with E-state index in [9.17, 15) is 19.1 Å². The molecule has 0 spiro atoms. The molecule has 3 N–H and O–H groups in total. The number of hydrogen-bond acceptors (Lipinski definition) is 4. The molecule has 0 heterocycles. The Kier molecular flexibility index (Phi) is 7.56. The fourth-order valence-electron chi connectivity index (χ4n) is 2.69. The van der Waals surface area contributed by atoms with Crippen molar-refractivity contribution in [1.82, 2.24) is 0 Å². The number of anilines is 1. The third-order valence-electron chi connectivity index (χ3n) is 4.12. The van der Waals surface area contributed by atoms with Gasteiger partial charge in [-0.05, 0) is 48.6 Å². The molecule has 1 amide bonds. The molecule has 2 atom stereocenters. The van der Waals surface area contributed by atoms with E-state index in [0.29, 0.717) is 24.1 Å². The average Bonchev–Trinajstić information content (AvgIpc) is 2.66. The van der Waals surface area contributed by atoms with Crippen LogP contribution in [0.1, 0.15) is 31.4 Å². The Morgan fingerprint density at radius 2 is 1.93 bits per heavy atom. The third kappa shape index (κ3) is 6.42. The lowest BCUT2D eigenvalue weighted by Crippen LogP contribution is -2.22. The molecule has 2 aromatic rings. The Morgan fingerprint density at radius 3 is 2.57 bits per heavy atom. The number of carbonyl (C=O) groups excluding carboxylic acids is 1. The topological polar surface area (TPSA) is 95.9 Å². The summed E-state index contributed by atoms with van der Waals surface area (Å²) in [7, 11) is 0. The molecule has 7 heteroatoms. The summed E-state index contributed by atoms with van der Waals surface area (Å²) in [6.45, 7) is 1.82. The van der Waals surface area contributed by atoms with Crippen LogP contribution in [0.15, 0.2) is 60.7 Å². The molecule has 0 unspecified atom stereocenters. The summed E-state index contributed by atoms with van der Waals surface area (Å²) in [5.74, 6) is -2.58. The molecular formula is C21H22FNO5. The van der Waals surface area contributed by atoms with Gasteiger partial charge in [-0.3, -0.25) is 5.32 Å². The zero-order valence-electron chi connectivity index (χ0n) is 15.3. The van der Waals surface area contributed by atoms with Gasteiger partial charge in [0.05, 0.1) is 0 Å². The summed E-state index contributed by atoms with van der Waals surface area (Å²) in [4.78, 5) is 22.9. The molecule has 2 aromatic carbocycles. The Bertz CT molecular complexity index is 838. The molecule has 0 saturated carbocycles. The van der Waals surface area contributed by atoms with E-state index in [1.165, 1.54) is 18.2 Å². The lowest BCUT2D eigenvalue weighted by atomic mass is 9.93. The molecule has 28 heavy (non-hydrogen) atoms. The number of ether oxygens (including phenoxy) is 1. The number of carbonyl (C=O) groups is 2. The van der Waals surface area contributed by atoms with Crippen molar-refractivity contribution in [1.29, 1.82) is 0 Å². The van der Waals surface area contributed by atoms with E-state index in [1.54, 1.807) is 24.3 Å². The first kappa shape index (κ1) is 21.0. The van der Waals surface area contributed by atoms with Crippen molar-refractivity contribution in [3.05, 3.63) is 72.1 Å². The molecule has 0 aliphatic rings. The molecule has 0 aromatic heterocycles. The van der Waals surface area contributed by atoms with Crippen LogP contribution in [-0.4, -0.2) is 22.3 Å². The Labute approximate surface area is 162 Å². The van der Waals surface area contributed by atoms with Crippen molar-refractivity contribution in [2.45, 2.75) is 25.9 Å². The second-order valence-electron chi connectivity index (χ2n) is 6.32. The van der Waals surface area contributed by atoms with Gasteiger partial charge < -0.3 is 14.9 Å². The largest absolute Gasteiger partial charge is 0.505 e. The minimum atomic E-state index is -1.04. The predicted molar refractivity (Wildman–Crippen MR) is 103 cm³/mol. The van der Waals surface area contributed by atoms with Crippen molar-refractivity contribution >= 4 is 17.7 Å². The summed E-state index contributed by atoms with van der Waals surface area (Å²) in [6.07, 6.45) is 2.04. The number of benzene rings is 2. The summed E-state index contributed by atoms with van der Waals surface area (Å²) in [5.41, 5.74) is 0.952. The smallest absolute Gasteiger partial charge is 0.412 e. The highest BCUT2D eigenvalue weighted by Gasteiger charge is 2.24. The number of amides is 1. The highest BCUT2D eigenvalue weighted by molar-refractivity contribution is 5.84. The van der Waals surface area contributed by atoms with E-state index in [-0.39, 0.29) is 5.92 Å². The lowest BCUT2D eigenvalue weighted by molar-refractivity contribution is -0.131. The van der Waals surface area contributed by atoms with Gasteiger partial charge in [0, 0.05) is 11.8 Å². The number of para-hydroxylation sites is 1. The summed E-state index contributed by atoms with van der Waals surface area (Å²) >= 11 is 0. The van der Waals surface area contributed by atoms with E-state index < -0.39 is 29.7 Å². The number of allylic oxidation sites excluding steroid dienone is 1. The van der Waals surface area contributed by atoms with Crippen LogP contribution in [0, 0.1) is 11.7 Å². The number of carboxylic acid groups (broad SMARTS) is 1. The van der Waals surface area contributed by atoms with Gasteiger partial charge in [-0.2, -0.15) is 0 Å². The van der Waals surface area contributed by atoms with E-state index in [0.717, 1.165) is 12.1 Å². The van der Waals surface area contributed by atoms with Crippen LogP contribution in [0.4, 0.5) is 14.9 Å². The van der Waals surface area contributed by atoms with Crippen LogP contribution >= 0.6 is 0 Å². The fraction of sp³-hybridized carbons (Fsp3) is 0.238. The monoisotopic (exact) mass is 387 g/mol. The van der Waals surface area contributed by atoms with E-state index in [1.807, 2.05) is 13.0 Å². The fourth-order valence-corrected chi connectivity index (χ4v) is 2.69. The quantitative estimate of drug-likeness (QED) is 0.561. The minimum Gasteiger partial charge on any atom is -0.505 e. The summed E-state index contributed by atoms with van der Waals surface area (Å²) in [5, 5.41) is 20.7. The normalized spacial score (nSPS) is 13.1. The summed E-state index contributed by atoms with van der Waals surface area (Å²) < 4.78 is 19.3. The van der Waals surface area contributed by atoms with Crippen molar-refractivity contribution in [3.63, 3.8) is 0 Å². The summed E-state index contributed by atoms with van der Waals surface area (Å²) in [6, 6.07) is 12.6. The van der Waals surface area contributed by atoms with Gasteiger partial charge in [0.15, 0.2) is 11.6 Å². The van der Waals surface area contributed by atoms with Crippen molar-refractivity contribution in [3.8, 4) is 5.75 Å². The molecule has 6 nitrogen and oxygen atoms in total. The van der Waals surface area contributed by atoms with Crippen LogP contribution in [0.5, 0.6) is 5.75 Å². The lowest BCUT2D eigenvalue weighted by Gasteiger charge is -2.24. The van der Waals surface area contributed by atoms with E-state index >= 15 is 0 Å². The van der Waals surface area contributed by atoms with Crippen molar-refractivity contribution < 1.29 is 28.9 Å². The van der Waals surface area contributed by atoms with Crippen LogP contribution in [0.3, 0.4) is 0 Å². The van der Waals surface area contributed by atoms with Gasteiger partial charge >= 0.3 is 12.1 Å². The van der Waals surface area contributed by atoms with Crippen molar-refractivity contribution in [2.24, 2.45) is 5.92 Å². The van der Waals surface area contributed by atoms with Gasteiger partial charge in [-0.1, -0.05) is 37.3 Å². The number of hydrogen-bond donors (Lipinski definition) is 3. The molecule has 0 aliphatic carbocycles. The number of aliphatic carboxylic acids is 1. The number of phenolic OH excluding ortho intramolecular Hbond substituents is 1. The van der Waals surface area contributed by atoms with Crippen molar-refractivity contribution in [2.75, 3.05) is 5.32 Å². The molecule has 0 aliphatic heterocycles. The Balaban J connectivity index is 2.13. The highest BCUT2D eigenvalue weighted by Crippen LogP contribution is 2.32. The first-order valence-corrected chi connectivity index (χ1v) is 8.77. The number of aromatic hydroxyl groups is 1. The third-order valence-corrected chi connectivity index (χ3v) is 4.12. The molecule has 2 rings (SSSR count). The van der Waals surface area contributed by atoms with Crippen LogP contribution < -0.4 is 5.32 Å². The van der Waals surface area contributed by atoms with Crippen LogP contribution in [0.2, 0.25) is 0 Å². The maximum Gasteiger partial charge on any atom is 0.412 e. The van der Waals surface area contributed by atoms with Crippen LogP contribution in [-0.2, 0) is 9.53 Å². The minimum absolute atomic E-state index is 0.232. The van der Waals surface area contributed by atoms with Gasteiger partial charge in [-0.25, -0.2) is 14.0 Å². The second-order valence-corrected chi connectivity index (χ2v) is 6.32. The molecule has 148 valence electrons. The zero-order chi connectivity index (χ0) is 20.5. The highest BCUT2D eigenvalue weighted by atomic mass is 19.1. The number of nitrogens with one attached hydrogen (secondary N) is 1. The second kappa shape index (κ2) is 10.1. The average molecular weight is 387 g/mol. The number of halogens is 1. The maximum atomic E-state index is 13.8. The number of rotatable bonds is 8. The first-order valence-electron chi connectivity index (χ1n) is 8.77. The Hall–Kier alpha value is -3.35. The van der Waals surface area contributed by atoms with Crippen LogP contribution in [0.25, 0.3) is 0 Å². The van der Waals surface area contributed by atoms with E-state index in [2.05, 4.69) is 5.32 Å². The molecule has 0 saturated heterocycles. The van der Waals surface area contributed by atoms with Gasteiger partial charge in [0.25, 0.3) is 0 Å². The van der Waals surface area contributed by atoms with E-state index in [4.69, 9.17) is 9.84 Å². The molecule has 0 fully saturated rings. The predicted octanol–water partition coefficient (Wildman–Crippen LogP) is 4.88. The first-order chi connectivity index (χ1) is 13.4. The van der Waals surface area contributed by atoms with Gasteiger partial charge in [-0.15, -0.1) is 0 Å². The Morgan fingerprint density at radius 1 is 1.21 bits per heavy atom. The maximum absolute atomic E-state index is 13.8. The molecule has 0 radical (unpaired) electrons. The standard InChI is InChI=1S/C21H22FNO5/c1-14(7-5-6-10-19(25)26)20(15-11-12-18(24)17(22)13-15)28-21(27)23-16-8-3-2-4-9-16/h2-4,6,8-14,20,24H,5,7H2,1H3,(H,23,27)(H,25,26)/b10-6+/t14-,20+/m1/s1. The molecule has 0 bridgehead atoms. The number of phenols is 1. The number of carboxylic acids is 1. The zero-order valence-corrected chi connectivity index (χ0v) is 15.3. The molecular weight excluding hydrogens is 365 g/mol. The van der Waals surface area contributed by atoms with Gasteiger partial charge in [0.1, 0.15) is 6.10 Å². The van der Waals surface area contributed by atoms with Gasteiger partial charge in [0.2, 0.25) is 0 Å².